The largest absolute Gasteiger partial charge is 0.379 e. The van der Waals surface area contributed by atoms with Crippen molar-refractivity contribution in [2.24, 2.45) is 0 Å². The van der Waals surface area contributed by atoms with Crippen molar-refractivity contribution >= 4 is 0 Å². The van der Waals surface area contributed by atoms with E-state index in [0.29, 0.717) is 0 Å². The molecule has 84 valence electrons. The fraction of sp³-hybridized carbons (Fsp3) is 1.00. The van der Waals surface area contributed by atoms with Crippen LogP contribution in [0.5, 0.6) is 0 Å². The molecule has 1 aliphatic rings. The number of hydrogen-bond donors (Lipinski definition) is 1. The summed E-state index contributed by atoms with van der Waals surface area (Å²) in [6.45, 7) is 8.52. The third kappa shape index (κ3) is 4.91. The fourth-order valence-corrected chi connectivity index (χ4v) is 1.55. The van der Waals surface area contributed by atoms with Crippen LogP contribution in [0, 0.1) is 0 Å². The van der Waals surface area contributed by atoms with E-state index < -0.39 is 0 Å². The zero-order chi connectivity index (χ0) is 10.2. The van der Waals surface area contributed by atoms with Gasteiger partial charge in [-0.15, -0.1) is 0 Å². The van der Waals surface area contributed by atoms with Gasteiger partial charge in [-0.05, 0) is 14.1 Å². The molecule has 0 bridgehead atoms. The molecule has 0 radical (unpaired) electrons. The quantitative estimate of drug-likeness (QED) is 0.625. The molecular weight excluding hydrogens is 178 g/mol. The van der Waals surface area contributed by atoms with Gasteiger partial charge in [0, 0.05) is 39.3 Å². The van der Waals surface area contributed by atoms with Gasteiger partial charge in [-0.3, -0.25) is 4.90 Å². The Morgan fingerprint density at radius 2 is 2.00 bits per heavy atom. The summed E-state index contributed by atoms with van der Waals surface area (Å²) in [4.78, 5) is 4.84. The minimum absolute atomic E-state index is 0.903. The van der Waals surface area contributed by atoms with Crippen molar-refractivity contribution in [2.45, 2.75) is 0 Å². The van der Waals surface area contributed by atoms with Crippen molar-refractivity contribution in [3.05, 3.63) is 0 Å². The molecule has 0 unspecified atom stereocenters. The van der Waals surface area contributed by atoms with Gasteiger partial charge < -0.3 is 15.0 Å². The molecule has 4 nitrogen and oxygen atoms in total. The highest BCUT2D eigenvalue weighted by atomic mass is 16.5. The Kier molecular flexibility index (Phi) is 6.10. The van der Waals surface area contributed by atoms with Crippen LogP contribution in [-0.2, 0) is 4.74 Å². The Morgan fingerprint density at radius 1 is 1.29 bits per heavy atom. The number of ether oxygens (including phenoxy) is 1. The lowest BCUT2D eigenvalue weighted by Gasteiger charge is -2.28. The Labute approximate surface area is 87.2 Å². The van der Waals surface area contributed by atoms with Crippen molar-refractivity contribution in [2.75, 3.05) is 66.6 Å². The lowest BCUT2D eigenvalue weighted by molar-refractivity contribution is 0.0345. The maximum Gasteiger partial charge on any atom is 0.0594 e. The molecule has 1 rings (SSSR count). The average molecular weight is 201 g/mol. The molecule has 0 saturated carbocycles. The van der Waals surface area contributed by atoms with Crippen LogP contribution in [0.2, 0.25) is 0 Å². The predicted molar refractivity (Wildman–Crippen MR) is 58.7 cm³/mol. The molecule has 0 amide bonds. The summed E-state index contributed by atoms with van der Waals surface area (Å²) in [6, 6.07) is 0. The third-order valence-electron chi connectivity index (χ3n) is 2.65. The van der Waals surface area contributed by atoms with Gasteiger partial charge in [0.1, 0.15) is 0 Å². The molecule has 1 N–H and O–H groups in total. The van der Waals surface area contributed by atoms with Crippen LogP contribution in [-0.4, -0.2) is 76.4 Å². The molecule has 0 aromatic heterocycles. The first-order valence-corrected chi connectivity index (χ1v) is 5.46. The first-order valence-electron chi connectivity index (χ1n) is 5.46. The van der Waals surface area contributed by atoms with E-state index in [4.69, 9.17) is 4.74 Å². The summed E-state index contributed by atoms with van der Waals surface area (Å²) >= 11 is 0. The predicted octanol–water partition coefficient (Wildman–Crippen LogP) is -0.530. The topological polar surface area (TPSA) is 27.7 Å². The summed E-state index contributed by atoms with van der Waals surface area (Å²) in [6.07, 6.45) is 0. The van der Waals surface area contributed by atoms with Crippen molar-refractivity contribution in [3.8, 4) is 0 Å². The SMILES string of the molecule is CNCCN(C)CCN1CCOCC1. The Balaban J connectivity index is 2.00. The molecule has 0 aliphatic carbocycles. The lowest BCUT2D eigenvalue weighted by Crippen LogP contribution is -2.41. The number of rotatable bonds is 6. The van der Waals surface area contributed by atoms with Gasteiger partial charge in [-0.25, -0.2) is 0 Å². The molecule has 4 heteroatoms. The highest BCUT2D eigenvalue weighted by Crippen LogP contribution is 1.96. The number of likely N-dealkylation sites (N-methyl/N-ethyl adjacent to an activating group) is 2. The molecular formula is C10H23N3O. The molecule has 0 atom stereocenters. The average Bonchev–Trinajstić information content (AvgIpc) is 2.25. The second-order valence-electron chi connectivity index (χ2n) is 3.86. The van der Waals surface area contributed by atoms with Crippen LogP contribution in [0.1, 0.15) is 0 Å². The zero-order valence-electron chi connectivity index (χ0n) is 9.46. The summed E-state index contributed by atoms with van der Waals surface area (Å²) in [5.41, 5.74) is 0. The molecule has 0 aromatic carbocycles. The van der Waals surface area contributed by atoms with Crippen LogP contribution >= 0.6 is 0 Å². The normalized spacial score (nSPS) is 19.1. The Hall–Kier alpha value is -0.160. The van der Waals surface area contributed by atoms with Crippen molar-refractivity contribution < 1.29 is 4.74 Å². The lowest BCUT2D eigenvalue weighted by atomic mass is 10.4. The molecule has 0 aromatic rings. The van der Waals surface area contributed by atoms with Crippen molar-refractivity contribution in [1.29, 1.82) is 0 Å². The van der Waals surface area contributed by atoms with Crippen LogP contribution in [0.4, 0.5) is 0 Å². The van der Waals surface area contributed by atoms with Gasteiger partial charge >= 0.3 is 0 Å². The van der Waals surface area contributed by atoms with Gasteiger partial charge in [-0.1, -0.05) is 0 Å². The zero-order valence-corrected chi connectivity index (χ0v) is 9.46. The second kappa shape index (κ2) is 7.17. The van der Waals surface area contributed by atoms with Gasteiger partial charge in [-0.2, -0.15) is 0 Å². The first-order chi connectivity index (χ1) is 6.83. The summed E-state index contributed by atoms with van der Waals surface area (Å²) in [5.74, 6) is 0. The van der Waals surface area contributed by atoms with Crippen LogP contribution < -0.4 is 5.32 Å². The first kappa shape index (κ1) is 11.9. The Morgan fingerprint density at radius 3 is 2.64 bits per heavy atom. The molecule has 14 heavy (non-hydrogen) atoms. The van der Waals surface area contributed by atoms with E-state index in [2.05, 4.69) is 22.2 Å². The third-order valence-corrected chi connectivity index (χ3v) is 2.65. The highest BCUT2D eigenvalue weighted by Gasteiger charge is 2.10. The van der Waals surface area contributed by atoms with Gasteiger partial charge in [0.15, 0.2) is 0 Å². The minimum Gasteiger partial charge on any atom is -0.379 e. The van der Waals surface area contributed by atoms with Gasteiger partial charge in [0.2, 0.25) is 0 Å². The number of hydrogen-bond acceptors (Lipinski definition) is 4. The van der Waals surface area contributed by atoms with E-state index in [1.165, 1.54) is 6.54 Å². The number of morpholine rings is 1. The summed E-state index contributed by atoms with van der Waals surface area (Å²) < 4.78 is 5.31. The Bertz CT molecular complexity index is 137. The highest BCUT2D eigenvalue weighted by molar-refractivity contribution is 4.64. The maximum atomic E-state index is 5.31. The van der Waals surface area contributed by atoms with Crippen molar-refractivity contribution in [1.82, 2.24) is 15.1 Å². The van der Waals surface area contributed by atoms with Crippen molar-refractivity contribution in [3.63, 3.8) is 0 Å². The summed E-state index contributed by atoms with van der Waals surface area (Å²) in [5, 5.41) is 3.16. The van der Waals surface area contributed by atoms with Crippen LogP contribution in [0.15, 0.2) is 0 Å². The van der Waals surface area contributed by atoms with E-state index in [1.54, 1.807) is 0 Å². The van der Waals surface area contributed by atoms with E-state index in [0.717, 1.165) is 45.9 Å². The smallest absolute Gasteiger partial charge is 0.0594 e. The van der Waals surface area contributed by atoms with Crippen LogP contribution in [0.25, 0.3) is 0 Å². The number of nitrogens with zero attached hydrogens (tertiary/aromatic N) is 2. The molecule has 0 spiro atoms. The summed E-state index contributed by atoms with van der Waals surface area (Å²) in [7, 11) is 4.17. The van der Waals surface area contributed by atoms with E-state index in [9.17, 15) is 0 Å². The maximum absolute atomic E-state index is 5.31. The standard InChI is InChI=1S/C10H23N3O/c1-11-3-4-12(2)5-6-13-7-9-14-10-8-13/h11H,3-10H2,1-2H3. The van der Waals surface area contributed by atoms with E-state index >= 15 is 0 Å². The molecule has 1 aliphatic heterocycles. The number of nitrogens with one attached hydrogen (secondary N) is 1. The molecule has 1 heterocycles. The fourth-order valence-electron chi connectivity index (χ4n) is 1.55. The molecule has 1 fully saturated rings. The molecule has 1 saturated heterocycles. The second-order valence-corrected chi connectivity index (χ2v) is 3.86. The minimum atomic E-state index is 0.903. The monoisotopic (exact) mass is 201 g/mol. The van der Waals surface area contributed by atoms with E-state index in [1.807, 2.05) is 7.05 Å². The van der Waals surface area contributed by atoms with E-state index in [-0.39, 0.29) is 0 Å². The van der Waals surface area contributed by atoms with Gasteiger partial charge in [0.25, 0.3) is 0 Å². The van der Waals surface area contributed by atoms with Crippen LogP contribution in [0.3, 0.4) is 0 Å². The van der Waals surface area contributed by atoms with Gasteiger partial charge in [0.05, 0.1) is 13.2 Å².